The Morgan fingerprint density at radius 3 is 2.41 bits per heavy atom. The largest absolute Gasteiger partial charge is 0.506 e. The van der Waals surface area contributed by atoms with Gasteiger partial charge in [0.05, 0.1) is 23.8 Å². The second-order valence-electron chi connectivity index (χ2n) is 8.94. The molecule has 3 heterocycles. The zero-order valence-electron chi connectivity index (χ0n) is 20.3. The molecule has 0 unspecified atom stereocenters. The van der Waals surface area contributed by atoms with Crippen LogP contribution in [-0.2, 0) is 4.74 Å². The lowest BCUT2D eigenvalue weighted by molar-refractivity contribution is -0.384. The number of nitro groups is 1. The smallest absolute Gasteiger partial charge is 0.293 e. The molecule has 1 aromatic heterocycles. The van der Waals surface area contributed by atoms with Gasteiger partial charge in [-0.25, -0.2) is 0 Å². The van der Waals surface area contributed by atoms with E-state index in [1.165, 1.54) is 6.07 Å². The van der Waals surface area contributed by atoms with Gasteiger partial charge in [0.25, 0.3) is 5.69 Å². The SMILES string of the molecule is N#CC(=C(O)c1ccc(N2CCCCC2)c([N+](=O)[O-])c1)c1nnc(N2CCOCC2)n1-c1ccccc1. The van der Waals surface area contributed by atoms with Crippen LogP contribution in [0, 0.1) is 21.4 Å². The first-order chi connectivity index (χ1) is 18.1. The van der Waals surface area contributed by atoms with Gasteiger partial charge in [-0.2, -0.15) is 5.26 Å². The summed E-state index contributed by atoms with van der Waals surface area (Å²) in [4.78, 5) is 15.5. The van der Waals surface area contributed by atoms with Gasteiger partial charge >= 0.3 is 0 Å². The van der Waals surface area contributed by atoms with Gasteiger partial charge < -0.3 is 19.6 Å². The highest BCUT2D eigenvalue weighted by atomic mass is 16.6. The number of hydrogen-bond acceptors (Lipinski definition) is 9. The molecule has 0 amide bonds. The molecule has 1 N–H and O–H groups in total. The fraction of sp³-hybridized carbons (Fsp3) is 0.346. The van der Waals surface area contributed by atoms with Crippen molar-refractivity contribution in [3.8, 4) is 11.8 Å². The van der Waals surface area contributed by atoms with Crippen molar-refractivity contribution in [1.29, 1.82) is 5.26 Å². The summed E-state index contributed by atoms with van der Waals surface area (Å²) in [5.41, 5.74) is 1.16. The minimum atomic E-state index is -0.449. The van der Waals surface area contributed by atoms with Crippen molar-refractivity contribution < 1.29 is 14.8 Å². The summed E-state index contributed by atoms with van der Waals surface area (Å²) >= 11 is 0. The standard InChI is InChI=1S/C26H27N7O4/c27-18-21(24(34)19-9-10-22(23(17-19)33(35)36)30-11-5-2-6-12-30)25-28-29-26(31-13-15-37-16-14-31)32(25)20-7-3-1-4-8-20/h1,3-4,7-10,17,34H,2,5-6,11-16H2. The van der Waals surface area contributed by atoms with Gasteiger partial charge in [0, 0.05) is 37.8 Å². The van der Waals surface area contributed by atoms with Crippen molar-refractivity contribution in [1.82, 2.24) is 14.8 Å². The summed E-state index contributed by atoms with van der Waals surface area (Å²) < 4.78 is 7.18. The summed E-state index contributed by atoms with van der Waals surface area (Å²) in [5.74, 6) is 0.279. The third-order valence-corrected chi connectivity index (χ3v) is 6.67. The fourth-order valence-electron chi connectivity index (χ4n) is 4.79. The third-order valence-electron chi connectivity index (χ3n) is 6.67. The number of para-hydroxylation sites is 1. The molecule has 0 radical (unpaired) electrons. The molecule has 37 heavy (non-hydrogen) atoms. The van der Waals surface area contributed by atoms with Gasteiger partial charge in [-0.3, -0.25) is 14.7 Å². The Balaban J connectivity index is 1.61. The van der Waals surface area contributed by atoms with Crippen LogP contribution in [0.5, 0.6) is 0 Å². The van der Waals surface area contributed by atoms with Crippen molar-refractivity contribution in [2.45, 2.75) is 19.3 Å². The summed E-state index contributed by atoms with van der Waals surface area (Å²) in [5, 5.41) is 41.9. The van der Waals surface area contributed by atoms with Gasteiger partial charge in [-0.15, -0.1) is 10.2 Å². The molecule has 2 aliphatic rings. The number of aliphatic hydroxyl groups excluding tert-OH is 1. The monoisotopic (exact) mass is 501 g/mol. The Kier molecular flexibility index (Phi) is 7.00. The molecule has 2 aliphatic heterocycles. The molecule has 0 bridgehead atoms. The number of benzene rings is 2. The first kappa shape index (κ1) is 24.3. The number of nitro benzene ring substituents is 1. The molecule has 2 saturated heterocycles. The van der Waals surface area contributed by atoms with E-state index in [-0.39, 0.29) is 22.6 Å². The maximum atomic E-state index is 11.9. The quantitative estimate of drug-likeness (QED) is 0.231. The summed E-state index contributed by atoms with van der Waals surface area (Å²) in [6.45, 7) is 3.78. The van der Waals surface area contributed by atoms with Crippen molar-refractivity contribution in [2.24, 2.45) is 0 Å². The number of morpholine rings is 1. The highest BCUT2D eigenvalue weighted by Crippen LogP contribution is 2.35. The van der Waals surface area contributed by atoms with E-state index in [4.69, 9.17) is 4.74 Å². The van der Waals surface area contributed by atoms with E-state index < -0.39 is 10.7 Å². The van der Waals surface area contributed by atoms with Crippen molar-refractivity contribution >= 4 is 28.7 Å². The number of nitriles is 1. The number of hydrogen-bond donors (Lipinski definition) is 1. The van der Waals surface area contributed by atoms with E-state index in [9.17, 15) is 20.5 Å². The van der Waals surface area contributed by atoms with Gasteiger partial charge in [-0.05, 0) is 43.5 Å². The van der Waals surface area contributed by atoms with Crippen LogP contribution < -0.4 is 9.80 Å². The topological polar surface area (TPSA) is 134 Å². The normalized spacial score (nSPS) is 16.7. The second-order valence-corrected chi connectivity index (χ2v) is 8.94. The lowest BCUT2D eigenvalue weighted by Gasteiger charge is -2.28. The highest BCUT2D eigenvalue weighted by molar-refractivity contribution is 5.93. The predicted octanol–water partition coefficient (Wildman–Crippen LogP) is 3.95. The Hall–Kier alpha value is -4.43. The van der Waals surface area contributed by atoms with E-state index in [1.807, 2.05) is 40.1 Å². The molecular formula is C26H27N7O4. The maximum absolute atomic E-state index is 11.9. The number of nitrogens with zero attached hydrogens (tertiary/aromatic N) is 7. The van der Waals surface area contributed by atoms with Gasteiger partial charge in [-0.1, -0.05) is 18.2 Å². The van der Waals surface area contributed by atoms with Crippen LogP contribution in [0.1, 0.15) is 30.7 Å². The van der Waals surface area contributed by atoms with E-state index >= 15 is 0 Å². The first-order valence-electron chi connectivity index (χ1n) is 12.3. The molecule has 0 saturated carbocycles. The number of piperidine rings is 1. The molecule has 0 atom stereocenters. The Morgan fingerprint density at radius 1 is 1.00 bits per heavy atom. The molecule has 5 rings (SSSR count). The maximum Gasteiger partial charge on any atom is 0.293 e. The average molecular weight is 502 g/mol. The second kappa shape index (κ2) is 10.7. The molecule has 3 aromatic rings. The molecule has 2 aromatic carbocycles. The number of aromatic nitrogens is 3. The Labute approximate surface area is 214 Å². The van der Waals surface area contributed by atoms with Gasteiger partial charge in [0.2, 0.25) is 5.95 Å². The van der Waals surface area contributed by atoms with Crippen LogP contribution in [0.2, 0.25) is 0 Å². The minimum absolute atomic E-state index is 0.109. The number of anilines is 2. The van der Waals surface area contributed by atoms with E-state index in [2.05, 4.69) is 16.3 Å². The van der Waals surface area contributed by atoms with Gasteiger partial charge in [0.15, 0.2) is 5.82 Å². The van der Waals surface area contributed by atoms with Gasteiger partial charge in [0.1, 0.15) is 23.1 Å². The third kappa shape index (κ3) is 4.83. The average Bonchev–Trinajstić information content (AvgIpc) is 3.39. The Bertz CT molecular complexity index is 1350. The molecule has 11 heteroatoms. The number of rotatable bonds is 6. The minimum Gasteiger partial charge on any atom is -0.506 e. The zero-order valence-corrected chi connectivity index (χ0v) is 20.3. The van der Waals surface area contributed by atoms with Crippen LogP contribution in [-0.4, -0.2) is 64.2 Å². The summed E-state index contributed by atoms with van der Waals surface area (Å²) in [6, 6.07) is 16.0. The summed E-state index contributed by atoms with van der Waals surface area (Å²) in [6.07, 6.45) is 3.05. The molecule has 190 valence electrons. The van der Waals surface area contributed by atoms with Crippen molar-refractivity contribution in [3.05, 3.63) is 70.0 Å². The Morgan fingerprint density at radius 2 is 1.73 bits per heavy atom. The van der Waals surface area contributed by atoms with E-state index in [0.717, 1.165) is 38.0 Å². The summed E-state index contributed by atoms with van der Waals surface area (Å²) in [7, 11) is 0. The molecule has 0 aliphatic carbocycles. The number of ether oxygens (including phenoxy) is 1. The molecule has 2 fully saturated rings. The van der Waals surface area contributed by atoms with Crippen LogP contribution in [0.3, 0.4) is 0 Å². The fourth-order valence-corrected chi connectivity index (χ4v) is 4.79. The van der Waals surface area contributed by atoms with E-state index in [1.54, 1.807) is 16.7 Å². The van der Waals surface area contributed by atoms with E-state index in [0.29, 0.717) is 37.9 Å². The van der Waals surface area contributed by atoms with Crippen LogP contribution in [0.25, 0.3) is 17.0 Å². The number of allylic oxidation sites excluding steroid dienone is 1. The lowest BCUT2D eigenvalue weighted by atomic mass is 10.0. The first-order valence-corrected chi connectivity index (χ1v) is 12.3. The lowest BCUT2D eigenvalue weighted by Crippen LogP contribution is -2.38. The zero-order chi connectivity index (χ0) is 25.8. The van der Waals surface area contributed by atoms with Crippen LogP contribution in [0.4, 0.5) is 17.3 Å². The molecular weight excluding hydrogens is 474 g/mol. The number of aliphatic hydroxyl groups is 1. The molecule has 11 nitrogen and oxygen atoms in total. The van der Waals surface area contributed by atoms with Crippen LogP contribution in [0.15, 0.2) is 48.5 Å². The van der Waals surface area contributed by atoms with Crippen molar-refractivity contribution in [3.63, 3.8) is 0 Å². The predicted molar refractivity (Wildman–Crippen MR) is 139 cm³/mol. The van der Waals surface area contributed by atoms with Crippen LogP contribution >= 0.6 is 0 Å². The van der Waals surface area contributed by atoms with Crippen molar-refractivity contribution in [2.75, 3.05) is 49.2 Å². The molecule has 0 spiro atoms. The highest BCUT2D eigenvalue weighted by Gasteiger charge is 2.27.